The molecule has 1 atom stereocenters. The van der Waals surface area contributed by atoms with E-state index in [4.69, 9.17) is 14.0 Å². The summed E-state index contributed by atoms with van der Waals surface area (Å²) < 4.78 is 16.7. The van der Waals surface area contributed by atoms with Gasteiger partial charge in [-0.15, -0.1) is 0 Å². The summed E-state index contributed by atoms with van der Waals surface area (Å²) in [6.45, 7) is 6.16. The number of fused-ring (bicyclic) bond motifs is 1. The first kappa shape index (κ1) is 20.3. The molecule has 0 radical (unpaired) electrons. The van der Waals surface area contributed by atoms with Gasteiger partial charge in [-0.1, -0.05) is 17.6 Å². The standard InChI is InChI=1S/C23H30N4O4/c1-16(28)27(10-8-22-24-23(31-25-22)18-3-2-4-18)19-7-9-26(15-19)14-17-5-6-20-21(13-17)30-12-11-29-20/h5-6,13,18-19H,2-4,7-12,14-15H2,1H3. The molecule has 3 aliphatic rings. The smallest absolute Gasteiger partial charge is 0.229 e. The second kappa shape index (κ2) is 8.86. The molecule has 1 saturated carbocycles. The van der Waals surface area contributed by atoms with Gasteiger partial charge in [0, 0.05) is 51.5 Å². The van der Waals surface area contributed by atoms with E-state index in [1.54, 1.807) is 6.92 Å². The highest BCUT2D eigenvalue weighted by molar-refractivity contribution is 5.73. The van der Waals surface area contributed by atoms with Crippen molar-refractivity contribution in [2.45, 2.75) is 57.5 Å². The molecule has 1 aromatic heterocycles. The van der Waals surface area contributed by atoms with E-state index in [1.165, 1.54) is 12.0 Å². The summed E-state index contributed by atoms with van der Waals surface area (Å²) in [4.78, 5) is 21.3. The predicted octanol–water partition coefficient (Wildman–Crippen LogP) is 2.77. The molecule has 3 heterocycles. The van der Waals surface area contributed by atoms with E-state index in [0.717, 1.165) is 56.3 Å². The highest BCUT2D eigenvalue weighted by Gasteiger charge is 2.30. The number of hydrogen-bond donors (Lipinski definition) is 0. The van der Waals surface area contributed by atoms with Crippen molar-refractivity contribution in [1.29, 1.82) is 0 Å². The van der Waals surface area contributed by atoms with E-state index >= 15 is 0 Å². The molecule has 5 rings (SSSR count). The van der Waals surface area contributed by atoms with E-state index in [-0.39, 0.29) is 11.9 Å². The second-order valence-corrected chi connectivity index (χ2v) is 8.79. The fourth-order valence-corrected chi connectivity index (χ4v) is 4.66. The zero-order valence-electron chi connectivity index (χ0n) is 18.1. The first-order valence-corrected chi connectivity index (χ1v) is 11.4. The molecular formula is C23H30N4O4. The lowest BCUT2D eigenvalue weighted by molar-refractivity contribution is -0.130. The van der Waals surface area contributed by atoms with Crippen LogP contribution in [0.3, 0.4) is 0 Å². The number of benzene rings is 1. The summed E-state index contributed by atoms with van der Waals surface area (Å²) in [6.07, 6.45) is 5.13. The molecule has 1 unspecified atom stereocenters. The van der Waals surface area contributed by atoms with Gasteiger partial charge in [0.25, 0.3) is 0 Å². The number of hydrogen-bond acceptors (Lipinski definition) is 7. The molecule has 2 aliphatic heterocycles. The summed E-state index contributed by atoms with van der Waals surface area (Å²) in [5.74, 6) is 3.66. The topological polar surface area (TPSA) is 80.9 Å². The second-order valence-electron chi connectivity index (χ2n) is 8.79. The van der Waals surface area contributed by atoms with Crippen molar-refractivity contribution < 1.29 is 18.8 Å². The third kappa shape index (κ3) is 4.54. The predicted molar refractivity (Wildman–Crippen MR) is 113 cm³/mol. The van der Waals surface area contributed by atoms with Gasteiger partial charge < -0.3 is 18.9 Å². The Morgan fingerprint density at radius 1 is 1.19 bits per heavy atom. The molecule has 0 bridgehead atoms. The van der Waals surface area contributed by atoms with Crippen LogP contribution in [0.1, 0.15) is 55.8 Å². The third-order valence-electron chi connectivity index (χ3n) is 6.62. The molecule has 1 amide bonds. The van der Waals surface area contributed by atoms with Crippen LogP contribution in [0.4, 0.5) is 0 Å². The van der Waals surface area contributed by atoms with E-state index < -0.39 is 0 Å². The minimum Gasteiger partial charge on any atom is -0.486 e. The van der Waals surface area contributed by atoms with Crippen molar-refractivity contribution in [1.82, 2.24) is 19.9 Å². The van der Waals surface area contributed by atoms with Crippen LogP contribution in [-0.2, 0) is 17.8 Å². The summed E-state index contributed by atoms with van der Waals surface area (Å²) >= 11 is 0. The van der Waals surface area contributed by atoms with E-state index in [9.17, 15) is 4.79 Å². The molecule has 0 N–H and O–H groups in total. The molecule has 8 nitrogen and oxygen atoms in total. The Hall–Kier alpha value is -2.61. The molecule has 2 fully saturated rings. The van der Waals surface area contributed by atoms with Gasteiger partial charge in [0.15, 0.2) is 17.3 Å². The minimum absolute atomic E-state index is 0.105. The van der Waals surface area contributed by atoms with Crippen molar-refractivity contribution in [3.05, 3.63) is 35.5 Å². The van der Waals surface area contributed by atoms with Gasteiger partial charge in [-0.3, -0.25) is 9.69 Å². The number of carbonyl (C=O) groups is 1. The quantitative estimate of drug-likeness (QED) is 0.673. The van der Waals surface area contributed by atoms with Crippen LogP contribution in [0.5, 0.6) is 11.5 Å². The Kier molecular flexibility index (Phi) is 5.80. The monoisotopic (exact) mass is 426 g/mol. The van der Waals surface area contributed by atoms with Crippen molar-refractivity contribution in [3.8, 4) is 11.5 Å². The number of carbonyl (C=O) groups excluding carboxylic acids is 1. The summed E-state index contributed by atoms with van der Waals surface area (Å²) in [6, 6.07) is 6.37. The molecule has 1 aromatic carbocycles. The van der Waals surface area contributed by atoms with Crippen molar-refractivity contribution in [2.75, 3.05) is 32.8 Å². The Labute approximate surface area is 182 Å². The minimum atomic E-state index is 0.105. The van der Waals surface area contributed by atoms with Crippen molar-refractivity contribution in [2.24, 2.45) is 0 Å². The highest BCUT2D eigenvalue weighted by Crippen LogP contribution is 2.35. The fourth-order valence-electron chi connectivity index (χ4n) is 4.66. The molecular weight excluding hydrogens is 396 g/mol. The number of rotatable bonds is 7. The van der Waals surface area contributed by atoms with E-state index in [0.29, 0.717) is 37.9 Å². The number of likely N-dealkylation sites (tertiary alicyclic amines) is 1. The molecule has 2 aromatic rings. The van der Waals surface area contributed by atoms with Crippen LogP contribution in [0.15, 0.2) is 22.7 Å². The van der Waals surface area contributed by atoms with Gasteiger partial charge in [-0.2, -0.15) is 4.98 Å². The largest absolute Gasteiger partial charge is 0.486 e. The summed E-state index contributed by atoms with van der Waals surface area (Å²) in [5, 5.41) is 4.13. The lowest BCUT2D eigenvalue weighted by atomic mass is 9.85. The SMILES string of the molecule is CC(=O)N(CCc1noc(C2CCC2)n1)C1CCN(Cc2ccc3c(c2)OCCO3)C1. The van der Waals surface area contributed by atoms with Crippen LogP contribution < -0.4 is 9.47 Å². The van der Waals surface area contributed by atoms with Gasteiger partial charge in [0.05, 0.1) is 0 Å². The first-order valence-electron chi connectivity index (χ1n) is 11.4. The van der Waals surface area contributed by atoms with Gasteiger partial charge in [-0.25, -0.2) is 0 Å². The normalized spacial score (nSPS) is 21.1. The Bertz CT molecular complexity index is 926. The maximum Gasteiger partial charge on any atom is 0.229 e. The molecule has 1 saturated heterocycles. The Balaban J connectivity index is 1.16. The number of nitrogens with zero attached hydrogens (tertiary/aromatic N) is 4. The molecule has 31 heavy (non-hydrogen) atoms. The summed E-state index contributed by atoms with van der Waals surface area (Å²) in [7, 11) is 0. The zero-order chi connectivity index (χ0) is 21.2. The van der Waals surface area contributed by atoms with Crippen molar-refractivity contribution in [3.63, 3.8) is 0 Å². The molecule has 1 aliphatic carbocycles. The van der Waals surface area contributed by atoms with Crippen LogP contribution >= 0.6 is 0 Å². The first-order chi connectivity index (χ1) is 15.2. The van der Waals surface area contributed by atoms with E-state index in [2.05, 4.69) is 27.2 Å². The van der Waals surface area contributed by atoms with Gasteiger partial charge >= 0.3 is 0 Å². The average Bonchev–Trinajstić information content (AvgIpc) is 3.37. The third-order valence-corrected chi connectivity index (χ3v) is 6.62. The molecule has 166 valence electrons. The molecule has 0 spiro atoms. The Morgan fingerprint density at radius 2 is 2.03 bits per heavy atom. The van der Waals surface area contributed by atoms with Crippen LogP contribution in [0.25, 0.3) is 0 Å². The summed E-state index contributed by atoms with van der Waals surface area (Å²) in [5.41, 5.74) is 1.20. The van der Waals surface area contributed by atoms with Gasteiger partial charge in [-0.05, 0) is 37.0 Å². The lowest BCUT2D eigenvalue weighted by Gasteiger charge is -2.28. The number of amides is 1. The average molecular weight is 427 g/mol. The number of ether oxygens (including phenoxy) is 2. The fraction of sp³-hybridized carbons (Fsp3) is 0.609. The number of aromatic nitrogens is 2. The van der Waals surface area contributed by atoms with Gasteiger partial charge in [0.2, 0.25) is 11.8 Å². The maximum atomic E-state index is 12.4. The van der Waals surface area contributed by atoms with E-state index in [1.807, 2.05) is 11.0 Å². The van der Waals surface area contributed by atoms with Crippen LogP contribution in [-0.4, -0.2) is 64.7 Å². The van der Waals surface area contributed by atoms with Gasteiger partial charge in [0.1, 0.15) is 13.2 Å². The van der Waals surface area contributed by atoms with Crippen LogP contribution in [0, 0.1) is 0 Å². The maximum absolute atomic E-state index is 12.4. The molecule has 8 heteroatoms. The lowest BCUT2D eigenvalue weighted by Crippen LogP contribution is -2.42. The van der Waals surface area contributed by atoms with Crippen molar-refractivity contribution >= 4 is 5.91 Å². The highest BCUT2D eigenvalue weighted by atomic mass is 16.6. The van der Waals surface area contributed by atoms with Crippen LogP contribution in [0.2, 0.25) is 0 Å². The zero-order valence-corrected chi connectivity index (χ0v) is 18.1. The Morgan fingerprint density at radius 3 is 2.81 bits per heavy atom.